The number of nitrogens with one attached hydrogen (secondary N) is 1. The Morgan fingerprint density at radius 2 is 1.91 bits per heavy atom. The zero-order valence-corrected chi connectivity index (χ0v) is 18.1. The number of carboxylic acid groups (broad SMARTS) is 1. The van der Waals surface area contributed by atoms with E-state index in [1.54, 1.807) is 44.2 Å². The highest BCUT2D eigenvalue weighted by Gasteiger charge is 2.17. The van der Waals surface area contributed by atoms with Crippen LogP contribution in [0.25, 0.3) is 22.6 Å². The molecule has 0 bridgehead atoms. The molecule has 2 N–H and O–H groups in total. The highest BCUT2D eigenvalue weighted by molar-refractivity contribution is 5.77. The average Bonchev–Trinajstić information content (AvgIpc) is 3.22. The summed E-state index contributed by atoms with van der Waals surface area (Å²) in [6, 6.07) is 18.8. The number of hydrogen-bond acceptors (Lipinski definition) is 5. The molecule has 3 aromatic carbocycles. The molecule has 0 radical (unpaired) electrons. The summed E-state index contributed by atoms with van der Waals surface area (Å²) < 4.78 is 31.8. The third-order valence-corrected chi connectivity index (χ3v) is 5.15. The lowest BCUT2D eigenvalue weighted by atomic mass is 10.2. The summed E-state index contributed by atoms with van der Waals surface area (Å²) in [4.78, 5) is 15.2. The molecular weight excluding hydrogens is 427 g/mol. The summed E-state index contributed by atoms with van der Waals surface area (Å²) in [5, 5.41) is 11.2. The van der Waals surface area contributed by atoms with Gasteiger partial charge in [-0.05, 0) is 49.7 Å². The van der Waals surface area contributed by atoms with Crippen molar-refractivity contribution in [1.29, 1.82) is 0 Å². The van der Waals surface area contributed by atoms with Crippen molar-refractivity contribution in [1.82, 2.24) is 10.3 Å². The second kappa shape index (κ2) is 9.60. The topological polar surface area (TPSA) is 93.8 Å². The van der Waals surface area contributed by atoms with Crippen molar-refractivity contribution < 1.29 is 28.2 Å². The lowest BCUT2D eigenvalue weighted by Gasteiger charge is -2.21. The van der Waals surface area contributed by atoms with Gasteiger partial charge in [0.05, 0.1) is 6.04 Å². The van der Waals surface area contributed by atoms with Crippen LogP contribution in [0.15, 0.2) is 71.1 Å². The van der Waals surface area contributed by atoms with Crippen molar-refractivity contribution in [3.05, 3.63) is 78.1 Å². The number of halogens is 1. The first-order valence-corrected chi connectivity index (χ1v) is 10.4. The number of benzene rings is 3. The lowest BCUT2D eigenvalue weighted by molar-refractivity contribution is 0.156. The van der Waals surface area contributed by atoms with Crippen LogP contribution < -0.4 is 14.8 Å². The Hall–Kier alpha value is -4.07. The Bertz CT molecular complexity index is 1260. The minimum atomic E-state index is -1.11. The van der Waals surface area contributed by atoms with Crippen molar-refractivity contribution in [3.8, 4) is 23.0 Å². The van der Waals surface area contributed by atoms with Crippen molar-refractivity contribution in [2.45, 2.75) is 32.6 Å². The highest BCUT2D eigenvalue weighted by Crippen LogP contribution is 2.30. The van der Waals surface area contributed by atoms with Gasteiger partial charge in [0.1, 0.15) is 24.0 Å². The molecule has 2 atom stereocenters. The molecule has 33 heavy (non-hydrogen) atoms. The summed E-state index contributed by atoms with van der Waals surface area (Å²) in [7, 11) is 0. The number of carbonyl (C=O) groups is 1. The van der Waals surface area contributed by atoms with Crippen LogP contribution in [0.2, 0.25) is 0 Å². The number of nitrogens with zero attached hydrogens (tertiary/aromatic N) is 1. The van der Waals surface area contributed by atoms with Crippen LogP contribution in [0.4, 0.5) is 9.18 Å². The fourth-order valence-corrected chi connectivity index (χ4v) is 3.22. The minimum absolute atomic E-state index is 0.146. The van der Waals surface area contributed by atoms with Gasteiger partial charge in [-0.3, -0.25) is 0 Å². The van der Waals surface area contributed by atoms with Gasteiger partial charge in [0.15, 0.2) is 17.1 Å². The SMILES string of the molecule is CC(Oc1ccc2nc(-c3ccc(OCc4ccccc4)c(F)c3)oc2c1)[C@H](C)NC(=O)O. The average molecular weight is 450 g/mol. The van der Waals surface area contributed by atoms with Crippen molar-refractivity contribution >= 4 is 17.2 Å². The molecule has 0 saturated heterocycles. The molecule has 4 aromatic rings. The summed E-state index contributed by atoms with van der Waals surface area (Å²) in [6.07, 6.45) is -1.52. The number of hydrogen-bond donors (Lipinski definition) is 2. The van der Waals surface area contributed by atoms with Crippen LogP contribution in [0.5, 0.6) is 11.5 Å². The second-order valence-corrected chi connectivity index (χ2v) is 7.63. The summed E-state index contributed by atoms with van der Waals surface area (Å²) >= 11 is 0. The van der Waals surface area contributed by atoms with Crippen LogP contribution in [0.1, 0.15) is 19.4 Å². The number of ether oxygens (including phenoxy) is 2. The largest absolute Gasteiger partial charge is 0.488 e. The molecule has 8 heteroatoms. The summed E-state index contributed by atoms with van der Waals surface area (Å²) in [6.45, 7) is 3.74. The maximum Gasteiger partial charge on any atom is 0.404 e. The fourth-order valence-electron chi connectivity index (χ4n) is 3.22. The first-order valence-electron chi connectivity index (χ1n) is 10.4. The van der Waals surface area contributed by atoms with Crippen LogP contribution in [0.3, 0.4) is 0 Å². The molecule has 1 aromatic heterocycles. The third-order valence-electron chi connectivity index (χ3n) is 5.15. The van der Waals surface area contributed by atoms with Crippen molar-refractivity contribution in [2.24, 2.45) is 0 Å². The molecule has 1 unspecified atom stereocenters. The monoisotopic (exact) mass is 450 g/mol. The Balaban J connectivity index is 1.48. The van der Waals surface area contributed by atoms with Gasteiger partial charge in [0, 0.05) is 11.6 Å². The van der Waals surface area contributed by atoms with E-state index in [0.717, 1.165) is 5.56 Å². The number of oxazole rings is 1. The second-order valence-electron chi connectivity index (χ2n) is 7.63. The number of amides is 1. The standard InChI is InChI=1S/C25H23FN2O5/c1-15(27-25(29)30)16(2)32-19-9-10-21-23(13-19)33-24(28-21)18-8-11-22(20(26)12-18)31-14-17-6-4-3-5-7-17/h3-13,15-16,27H,14H2,1-2H3,(H,29,30)/t15-,16?/m0/s1. The summed E-state index contributed by atoms with van der Waals surface area (Å²) in [5.41, 5.74) is 2.48. The maximum atomic E-state index is 14.6. The Morgan fingerprint density at radius 3 is 2.64 bits per heavy atom. The van der Waals surface area contributed by atoms with Gasteiger partial charge in [0.25, 0.3) is 0 Å². The molecule has 4 rings (SSSR count). The van der Waals surface area contributed by atoms with Gasteiger partial charge < -0.3 is 24.3 Å². The Kier molecular flexibility index (Phi) is 6.44. The molecule has 1 heterocycles. The molecule has 170 valence electrons. The van der Waals surface area contributed by atoms with E-state index in [1.165, 1.54) is 6.07 Å². The molecule has 0 fully saturated rings. The van der Waals surface area contributed by atoms with Gasteiger partial charge in [-0.25, -0.2) is 14.2 Å². The third kappa shape index (κ3) is 5.41. The van der Waals surface area contributed by atoms with Gasteiger partial charge >= 0.3 is 6.09 Å². The molecule has 0 saturated carbocycles. The Morgan fingerprint density at radius 1 is 1.12 bits per heavy atom. The molecule has 0 spiro atoms. The zero-order valence-electron chi connectivity index (χ0n) is 18.1. The van der Waals surface area contributed by atoms with E-state index in [-0.39, 0.29) is 18.2 Å². The molecule has 0 aliphatic carbocycles. The number of aromatic nitrogens is 1. The molecule has 0 aliphatic heterocycles. The molecule has 7 nitrogen and oxygen atoms in total. The molecular formula is C25H23FN2O5. The van der Waals surface area contributed by atoms with Crippen molar-refractivity contribution in [2.75, 3.05) is 0 Å². The van der Waals surface area contributed by atoms with Crippen LogP contribution in [-0.2, 0) is 6.61 Å². The van der Waals surface area contributed by atoms with E-state index < -0.39 is 24.1 Å². The predicted molar refractivity (Wildman–Crippen MR) is 121 cm³/mol. The summed E-state index contributed by atoms with van der Waals surface area (Å²) in [5.74, 6) is 0.410. The van der Waals surface area contributed by atoms with E-state index in [4.69, 9.17) is 19.0 Å². The Labute approximate surface area is 189 Å². The number of fused-ring (bicyclic) bond motifs is 1. The molecule has 1 amide bonds. The maximum absolute atomic E-state index is 14.6. The quantitative estimate of drug-likeness (QED) is 0.361. The van der Waals surface area contributed by atoms with Gasteiger partial charge in [0.2, 0.25) is 5.89 Å². The highest BCUT2D eigenvalue weighted by atomic mass is 19.1. The predicted octanol–water partition coefficient (Wildman–Crippen LogP) is 5.64. The van der Waals surface area contributed by atoms with Gasteiger partial charge in [-0.15, -0.1) is 0 Å². The molecule has 0 aliphatic rings. The normalized spacial score (nSPS) is 12.8. The van der Waals surface area contributed by atoms with E-state index in [1.807, 2.05) is 30.3 Å². The van der Waals surface area contributed by atoms with E-state index >= 15 is 0 Å². The van der Waals surface area contributed by atoms with Gasteiger partial charge in [-0.2, -0.15) is 0 Å². The van der Waals surface area contributed by atoms with Gasteiger partial charge in [-0.1, -0.05) is 30.3 Å². The zero-order chi connectivity index (χ0) is 23.4. The van der Waals surface area contributed by atoms with Crippen molar-refractivity contribution in [3.63, 3.8) is 0 Å². The lowest BCUT2D eigenvalue weighted by Crippen LogP contribution is -2.41. The smallest absolute Gasteiger partial charge is 0.404 e. The van der Waals surface area contributed by atoms with E-state index in [0.29, 0.717) is 22.4 Å². The fraction of sp³-hybridized carbons (Fsp3) is 0.200. The van der Waals surface area contributed by atoms with Crippen LogP contribution in [0, 0.1) is 5.82 Å². The van der Waals surface area contributed by atoms with E-state index in [9.17, 15) is 9.18 Å². The van der Waals surface area contributed by atoms with E-state index in [2.05, 4.69) is 10.3 Å². The minimum Gasteiger partial charge on any atom is -0.488 e. The van der Waals surface area contributed by atoms with Crippen LogP contribution >= 0.6 is 0 Å². The van der Waals surface area contributed by atoms with Crippen LogP contribution in [-0.4, -0.2) is 28.3 Å². The first kappa shape index (κ1) is 22.1. The first-order chi connectivity index (χ1) is 15.9. The number of rotatable bonds is 8.